The number of methoxy groups -OCH3 is 1. The van der Waals surface area contributed by atoms with Crippen LogP contribution in [0.15, 0.2) is 0 Å². The minimum atomic E-state index is 0.341. The molecule has 1 heterocycles. The number of hydrogen-bond donors (Lipinski definition) is 1. The molecule has 3 unspecified atom stereocenters. The van der Waals surface area contributed by atoms with Crippen molar-refractivity contribution in [2.24, 2.45) is 11.7 Å². The molecule has 78 valence electrons. The van der Waals surface area contributed by atoms with Crippen molar-refractivity contribution in [1.29, 1.82) is 0 Å². The van der Waals surface area contributed by atoms with Crippen LogP contribution >= 0.6 is 0 Å². The smallest absolute Gasteiger partial charge is 0.0615 e. The summed E-state index contributed by atoms with van der Waals surface area (Å²) in [6.45, 7) is 7.43. The average molecular weight is 186 g/mol. The first-order valence-electron chi connectivity index (χ1n) is 5.13. The van der Waals surface area contributed by atoms with Crippen molar-refractivity contribution < 1.29 is 4.74 Å². The Balaban J connectivity index is 2.36. The molecule has 0 radical (unpaired) electrons. The molecule has 13 heavy (non-hydrogen) atoms. The zero-order chi connectivity index (χ0) is 9.84. The first-order chi connectivity index (χ1) is 6.15. The summed E-state index contributed by atoms with van der Waals surface area (Å²) in [6, 6.07) is 0.844. The lowest BCUT2D eigenvalue weighted by Gasteiger charge is -2.38. The number of hydrogen-bond acceptors (Lipinski definition) is 3. The largest absolute Gasteiger partial charge is 0.383 e. The lowest BCUT2D eigenvalue weighted by molar-refractivity contribution is 0.0677. The molecule has 0 aromatic heterocycles. The highest BCUT2D eigenvalue weighted by atomic mass is 16.5. The summed E-state index contributed by atoms with van der Waals surface area (Å²) in [7, 11) is 1.75. The fraction of sp³-hybridized carbons (Fsp3) is 1.00. The van der Waals surface area contributed by atoms with Crippen molar-refractivity contribution in [2.45, 2.75) is 32.4 Å². The fourth-order valence-corrected chi connectivity index (χ4v) is 1.87. The summed E-state index contributed by atoms with van der Waals surface area (Å²) in [5.74, 6) is 0.672. The first kappa shape index (κ1) is 11.0. The molecular formula is C10H22N2O. The highest BCUT2D eigenvalue weighted by molar-refractivity contribution is 4.82. The van der Waals surface area contributed by atoms with Crippen molar-refractivity contribution in [3.63, 3.8) is 0 Å². The van der Waals surface area contributed by atoms with Gasteiger partial charge in [0.2, 0.25) is 0 Å². The summed E-state index contributed by atoms with van der Waals surface area (Å²) < 4.78 is 5.14. The van der Waals surface area contributed by atoms with Gasteiger partial charge in [-0.15, -0.1) is 0 Å². The van der Waals surface area contributed by atoms with Gasteiger partial charge in [0.1, 0.15) is 0 Å². The summed E-state index contributed by atoms with van der Waals surface area (Å²) >= 11 is 0. The SMILES string of the molecule is COCC(C)N1CCC(C)C(N)C1. The molecule has 0 aromatic carbocycles. The Morgan fingerprint density at radius 3 is 2.85 bits per heavy atom. The van der Waals surface area contributed by atoms with Crippen LogP contribution < -0.4 is 5.73 Å². The normalized spacial score (nSPS) is 33.2. The molecule has 0 spiro atoms. The van der Waals surface area contributed by atoms with Crippen LogP contribution in [0, 0.1) is 5.92 Å². The third-order valence-electron chi connectivity index (χ3n) is 3.08. The molecule has 0 saturated carbocycles. The number of nitrogens with zero attached hydrogens (tertiary/aromatic N) is 1. The molecule has 2 N–H and O–H groups in total. The van der Waals surface area contributed by atoms with Gasteiger partial charge in [-0.2, -0.15) is 0 Å². The Kier molecular flexibility index (Phi) is 4.16. The average Bonchev–Trinajstić information content (AvgIpc) is 2.10. The second-order valence-corrected chi connectivity index (χ2v) is 4.23. The molecule has 3 atom stereocenters. The summed E-state index contributed by atoms with van der Waals surface area (Å²) in [4.78, 5) is 2.42. The standard InChI is InChI=1S/C10H22N2O/c1-8-4-5-12(6-10(8)11)9(2)7-13-3/h8-10H,4-7,11H2,1-3H3. The summed E-state index contributed by atoms with van der Waals surface area (Å²) in [5.41, 5.74) is 6.02. The van der Waals surface area contributed by atoms with Crippen LogP contribution in [-0.4, -0.2) is 43.8 Å². The molecule has 0 aromatic rings. The Morgan fingerprint density at radius 1 is 1.62 bits per heavy atom. The number of piperidine rings is 1. The fourth-order valence-electron chi connectivity index (χ4n) is 1.87. The van der Waals surface area contributed by atoms with E-state index in [0.29, 0.717) is 18.0 Å². The van der Waals surface area contributed by atoms with E-state index in [1.54, 1.807) is 7.11 Å². The number of ether oxygens (including phenoxy) is 1. The van der Waals surface area contributed by atoms with Crippen molar-refractivity contribution in [2.75, 3.05) is 26.8 Å². The first-order valence-corrected chi connectivity index (χ1v) is 5.13. The van der Waals surface area contributed by atoms with Crippen molar-refractivity contribution in [3.8, 4) is 0 Å². The van der Waals surface area contributed by atoms with E-state index in [9.17, 15) is 0 Å². The highest BCUT2D eigenvalue weighted by Crippen LogP contribution is 2.17. The van der Waals surface area contributed by atoms with Gasteiger partial charge in [0, 0.05) is 25.7 Å². The maximum absolute atomic E-state index is 6.02. The Morgan fingerprint density at radius 2 is 2.31 bits per heavy atom. The molecule has 1 aliphatic heterocycles. The van der Waals surface area contributed by atoms with Crippen LogP contribution in [0.1, 0.15) is 20.3 Å². The topological polar surface area (TPSA) is 38.5 Å². The second kappa shape index (κ2) is 4.94. The van der Waals surface area contributed by atoms with Gasteiger partial charge < -0.3 is 10.5 Å². The van der Waals surface area contributed by atoms with Gasteiger partial charge in [-0.25, -0.2) is 0 Å². The molecule has 0 amide bonds. The van der Waals surface area contributed by atoms with Crippen LogP contribution in [-0.2, 0) is 4.74 Å². The quantitative estimate of drug-likeness (QED) is 0.705. The third-order valence-corrected chi connectivity index (χ3v) is 3.08. The van der Waals surface area contributed by atoms with Gasteiger partial charge in [0.15, 0.2) is 0 Å². The van der Waals surface area contributed by atoms with Gasteiger partial charge in [-0.1, -0.05) is 6.92 Å². The van der Waals surface area contributed by atoms with Crippen LogP contribution in [0.2, 0.25) is 0 Å². The third kappa shape index (κ3) is 2.93. The number of nitrogens with two attached hydrogens (primary N) is 1. The number of rotatable bonds is 3. The molecule has 1 fully saturated rings. The van der Waals surface area contributed by atoms with E-state index < -0.39 is 0 Å². The molecular weight excluding hydrogens is 164 g/mol. The summed E-state index contributed by atoms with van der Waals surface area (Å²) in [5, 5.41) is 0. The molecule has 1 aliphatic rings. The maximum atomic E-state index is 6.02. The lowest BCUT2D eigenvalue weighted by atomic mass is 9.93. The van der Waals surface area contributed by atoms with Crippen molar-refractivity contribution >= 4 is 0 Å². The van der Waals surface area contributed by atoms with E-state index in [-0.39, 0.29) is 0 Å². The highest BCUT2D eigenvalue weighted by Gasteiger charge is 2.25. The molecule has 3 heteroatoms. The monoisotopic (exact) mass is 186 g/mol. The minimum Gasteiger partial charge on any atom is -0.383 e. The van der Waals surface area contributed by atoms with E-state index in [0.717, 1.165) is 13.2 Å². The van der Waals surface area contributed by atoms with Gasteiger partial charge >= 0.3 is 0 Å². The summed E-state index contributed by atoms with van der Waals surface area (Å²) in [6.07, 6.45) is 1.22. The van der Waals surface area contributed by atoms with E-state index in [1.165, 1.54) is 13.0 Å². The van der Waals surface area contributed by atoms with Gasteiger partial charge in [-0.05, 0) is 25.8 Å². The van der Waals surface area contributed by atoms with Gasteiger partial charge in [0.25, 0.3) is 0 Å². The van der Waals surface area contributed by atoms with Crippen LogP contribution in [0.3, 0.4) is 0 Å². The molecule has 0 aliphatic carbocycles. The van der Waals surface area contributed by atoms with Crippen LogP contribution in [0.5, 0.6) is 0 Å². The predicted octanol–water partition coefficient (Wildman–Crippen LogP) is 0.690. The molecule has 1 saturated heterocycles. The van der Waals surface area contributed by atoms with E-state index >= 15 is 0 Å². The lowest BCUT2D eigenvalue weighted by Crippen LogP contribution is -2.51. The maximum Gasteiger partial charge on any atom is 0.0615 e. The van der Waals surface area contributed by atoms with E-state index in [2.05, 4.69) is 18.7 Å². The Labute approximate surface area is 81.2 Å². The Hall–Kier alpha value is -0.120. The van der Waals surface area contributed by atoms with E-state index in [1.807, 2.05) is 0 Å². The zero-order valence-corrected chi connectivity index (χ0v) is 8.99. The predicted molar refractivity (Wildman–Crippen MR) is 54.7 cm³/mol. The van der Waals surface area contributed by atoms with Crippen LogP contribution in [0.4, 0.5) is 0 Å². The van der Waals surface area contributed by atoms with E-state index in [4.69, 9.17) is 10.5 Å². The van der Waals surface area contributed by atoms with Gasteiger partial charge in [-0.3, -0.25) is 4.90 Å². The molecule has 1 rings (SSSR count). The zero-order valence-electron chi connectivity index (χ0n) is 8.99. The van der Waals surface area contributed by atoms with Crippen molar-refractivity contribution in [3.05, 3.63) is 0 Å². The van der Waals surface area contributed by atoms with Crippen molar-refractivity contribution in [1.82, 2.24) is 4.90 Å². The molecule has 3 nitrogen and oxygen atoms in total. The van der Waals surface area contributed by atoms with Crippen LogP contribution in [0.25, 0.3) is 0 Å². The minimum absolute atomic E-state index is 0.341. The molecule has 0 bridgehead atoms. The van der Waals surface area contributed by atoms with Gasteiger partial charge in [0.05, 0.1) is 6.61 Å². The Bertz CT molecular complexity index is 152. The number of likely N-dealkylation sites (tertiary alicyclic amines) is 1. The second-order valence-electron chi connectivity index (χ2n) is 4.23.